The van der Waals surface area contributed by atoms with Crippen molar-refractivity contribution in [2.75, 3.05) is 0 Å². The largest absolute Gasteiger partial charge is 0.670 e. The van der Waals surface area contributed by atoms with E-state index in [1.807, 2.05) is 24.6 Å². The molecule has 1 nitrogen and oxygen atoms in total. The van der Waals surface area contributed by atoms with E-state index >= 15 is 0 Å². The number of hydrogen-bond donors (Lipinski definition) is 0. The summed E-state index contributed by atoms with van der Waals surface area (Å²) in [6.07, 6.45) is 7.72. The minimum atomic E-state index is 1.07. The maximum absolute atomic E-state index is 4.12. The van der Waals surface area contributed by atoms with Crippen LogP contribution in [0.15, 0.2) is 128 Å². The molecule has 4 aromatic rings. The van der Waals surface area contributed by atoms with Gasteiger partial charge in [-0.25, -0.2) is 0 Å². The highest BCUT2D eigenvalue weighted by atomic mass is 14.8. The molecular weight excluding hydrogens is 398 g/mol. The van der Waals surface area contributed by atoms with Gasteiger partial charge in [0.2, 0.25) is 0 Å². The average Bonchev–Trinajstić information content (AvgIpc) is 2.90. The Hall–Kier alpha value is -4.45. The molecule has 0 amide bonds. The SMILES string of the molecule is C(=C1c2ccccc2[C+](c2ccccc2)c2ccccc21)=c1ccc(=C2C=C[N-]C=C2)cc1. The maximum Gasteiger partial charge on any atom is 0.0808 e. The molecule has 4 aromatic carbocycles. The highest BCUT2D eigenvalue weighted by Crippen LogP contribution is 2.44. The molecule has 0 bridgehead atoms. The molecule has 1 aliphatic heterocycles. The van der Waals surface area contributed by atoms with Crippen LogP contribution in [0.4, 0.5) is 0 Å². The lowest BCUT2D eigenvalue weighted by molar-refractivity contribution is 1.18. The Morgan fingerprint density at radius 1 is 0.576 bits per heavy atom. The van der Waals surface area contributed by atoms with Gasteiger partial charge in [0, 0.05) is 16.3 Å². The van der Waals surface area contributed by atoms with E-state index in [4.69, 9.17) is 0 Å². The molecule has 0 unspecified atom stereocenters. The van der Waals surface area contributed by atoms with Gasteiger partial charge in [0.05, 0.1) is 28.2 Å². The third-order valence-electron chi connectivity index (χ3n) is 6.16. The first-order chi connectivity index (χ1) is 16.4. The van der Waals surface area contributed by atoms with E-state index in [-0.39, 0.29) is 0 Å². The molecule has 0 N–H and O–H groups in total. The van der Waals surface area contributed by atoms with Crippen molar-refractivity contribution in [2.24, 2.45) is 0 Å². The summed E-state index contributed by atoms with van der Waals surface area (Å²) in [5.74, 6) is 1.28. The second kappa shape index (κ2) is 8.24. The van der Waals surface area contributed by atoms with Crippen molar-refractivity contribution < 1.29 is 0 Å². The lowest BCUT2D eigenvalue weighted by Crippen LogP contribution is -2.15. The fourth-order valence-corrected chi connectivity index (χ4v) is 4.61. The van der Waals surface area contributed by atoms with Gasteiger partial charge in [-0.3, -0.25) is 0 Å². The van der Waals surface area contributed by atoms with Crippen LogP contribution >= 0.6 is 0 Å². The van der Waals surface area contributed by atoms with E-state index < -0.39 is 0 Å². The first-order valence-corrected chi connectivity index (χ1v) is 11.1. The number of allylic oxidation sites excluding steroid dienone is 2. The molecule has 154 valence electrons. The number of benzene rings is 4. The Kier molecular flexibility index (Phi) is 4.81. The van der Waals surface area contributed by atoms with Crippen LogP contribution in [0.3, 0.4) is 0 Å². The third kappa shape index (κ3) is 3.51. The molecule has 6 rings (SSSR count). The van der Waals surface area contributed by atoms with Gasteiger partial charge in [-0.15, -0.1) is 0 Å². The normalized spacial score (nSPS) is 13.8. The summed E-state index contributed by atoms with van der Waals surface area (Å²) in [7, 11) is 0. The predicted octanol–water partition coefficient (Wildman–Crippen LogP) is 6.10. The van der Waals surface area contributed by atoms with E-state index in [1.165, 1.54) is 44.5 Å². The predicted molar refractivity (Wildman–Crippen MR) is 137 cm³/mol. The minimum Gasteiger partial charge on any atom is -0.670 e. The Morgan fingerprint density at radius 3 is 1.79 bits per heavy atom. The second-order valence-corrected chi connectivity index (χ2v) is 8.15. The summed E-state index contributed by atoms with van der Waals surface area (Å²) in [5.41, 5.74) is 12.2. The highest BCUT2D eigenvalue weighted by molar-refractivity contribution is 5.95. The van der Waals surface area contributed by atoms with Gasteiger partial charge in [-0.1, -0.05) is 48.2 Å². The van der Waals surface area contributed by atoms with Crippen LogP contribution in [-0.2, 0) is 0 Å². The second-order valence-electron chi connectivity index (χ2n) is 8.15. The van der Waals surface area contributed by atoms with Gasteiger partial charge in [0.15, 0.2) is 0 Å². The molecule has 1 heterocycles. The molecular formula is C32H21N. The lowest BCUT2D eigenvalue weighted by Gasteiger charge is -2.24. The van der Waals surface area contributed by atoms with Crippen LogP contribution in [-0.4, -0.2) is 0 Å². The monoisotopic (exact) mass is 419 g/mol. The lowest BCUT2D eigenvalue weighted by atomic mass is 9.73. The molecule has 33 heavy (non-hydrogen) atoms. The van der Waals surface area contributed by atoms with Gasteiger partial charge in [-0.2, -0.15) is 12.4 Å². The zero-order chi connectivity index (χ0) is 22.0. The highest BCUT2D eigenvalue weighted by Gasteiger charge is 2.34. The minimum absolute atomic E-state index is 1.07. The molecule has 0 radical (unpaired) electrons. The molecule has 2 aliphatic rings. The van der Waals surface area contributed by atoms with Crippen molar-refractivity contribution in [3.63, 3.8) is 0 Å². The summed E-state index contributed by atoms with van der Waals surface area (Å²) in [4.78, 5) is 0. The molecule has 0 saturated heterocycles. The van der Waals surface area contributed by atoms with Gasteiger partial charge < -0.3 is 5.32 Å². The molecule has 0 aromatic heterocycles. The third-order valence-corrected chi connectivity index (χ3v) is 6.16. The van der Waals surface area contributed by atoms with E-state index in [1.54, 1.807) is 0 Å². The van der Waals surface area contributed by atoms with E-state index in [2.05, 4.69) is 114 Å². The average molecular weight is 420 g/mol. The maximum atomic E-state index is 4.12. The number of nitrogens with zero attached hydrogens (tertiary/aromatic N) is 1. The fraction of sp³-hybridized carbons (Fsp3) is 0. The smallest absolute Gasteiger partial charge is 0.0808 e. The topological polar surface area (TPSA) is 14.1 Å². The van der Waals surface area contributed by atoms with Crippen LogP contribution in [0, 0.1) is 5.92 Å². The quantitative estimate of drug-likeness (QED) is 0.292. The van der Waals surface area contributed by atoms with Crippen molar-refractivity contribution in [3.05, 3.63) is 177 Å². The summed E-state index contributed by atoms with van der Waals surface area (Å²) in [6, 6.07) is 36.6. The van der Waals surface area contributed by atoms with Crippen molar-refractivity contribution in [3.8, 4) is 0 Å². The van der Waals surface area contributed by atoms with Gasteiger partial charge in [-0.05, 0) is 83.6 Å². The van der Waals surface area contributed by atoms with Crippen molar-refractivity contribution in [2.45, 2.75) is 0 Å². The first-order valence-electron chi connectivity index (χ1n) is 11.1. The zero-order valence-corrected chi connectivity index (χ0v) is 18.1. The van der Waals surface area contributed by atoms with Crippen LogP contribution in [0.2, 0.25) is 0 Å². The van der Waals surface area contributed by atoms with Crippen molar-refractivity contribution in [1.29, 1.82) is 0 Å². The Labute approximate surface area is 194 Å². The Morgan fingerprint density at radius 2 is 1.15 bits per heavy atom. The van der Waals surface area contributed by atoms with E-state index in [9.17, 15) is 0 Å². The zero-order valence-electron chi connectivity index (χ0n) is 18.1. The van der Waals surface area contributed by atoms with Crippen LogP contribution < -0.4 is 10.4 Å². The molecule has 1 aliphatic carbocycles. The van der Waals surface area contributed by atoms with Crippen molar-refractivity contribution in [1.82, 2.24) is 0 Å². The van der Waals surface area contributed by atoms with Gasteiger partial charge >= 0.3 is 0 Å². The van der Waals surface area contributed by atoms with Crippen molar-refractivity contribution >= 4 is 16.9 Å². The van der Waals surface area contributed by atoms with E-state index in [0.717, 1.165) is 10.8 Å². The first kappa shape index (κ1) is 19.3. The Balaban J connectivity index is 1.60. The van der Waals surface area contributed by atoms with E-state index in [0.29, 0.717) is 0 Å². The summed E-state index contributed by atoms with van der Waals surface area (Å²) in [5, 5.41) is 6.36. The summed E-state index contributed by atoms with van der Waals surface area (Å²) in [6.45, 7) is 0. The van der Waals surface area contributed by atoms with Crippen LogP contribution in [0.5, 0.6) is 0 Å². The summed E-state index contributed by atoms with van der Waals surface area (Å²) >= 11 is 0. The van der Waals surface area contributed by atoms with Gasteiger partial charge in [0.1, 0.15) is 0 Å². The number of fused-ring (bicyclic) bond motifs is 2. The molecule has 0 saturated carbocycles. The van der Waals surface area contributed by atoms with Crippen LogP contribution in [0.25, 0.3) is 22.2 Å². The number of hydrogen-bond acceptors (Lipinski definition) is 0. The van der Waals surface area contributed by atoms with Gasteiger partial charge in [0.25, 0.3) is 0 Å². The summed E-state index contributed by atoms with van der Waals surface area (Å²) < 4.78 is 0. The number of rotatable bonds is 1. The molecule has 1 heteroatoms. The Bertz CT molecular complexity index is 1480. The van der Waals surface area contributed by atoms with Crippen LogP contribution in [0.1, 0.15) is 27.8 Å². The molecule has 0 spiro atoms. The molecule has 0 atom stereocenters. The fourth-order valence-electron chi connectivity index (χ4n) is 4.61. The standard InChI is InChI=1S/C32H21N/c1-2-8-26(9-3-1)32-29-12-6-4-10-27(29)31(28-11-5-7-13-30(28)32)22-23-14-16-24(17-15-23)25-18-20-33-21-19-25/h1-21H. The molecule has 0 fully saturated rings.